The van der Waals surface area contributed by atoms with Crippen molar-refractivity contribution in [2.24, 2.45) is 5.92 Å². The Hall–Kier alpha value is -1.81. The van der Waals surface area contributed by atoms with Crippen LogP contribution in [0.15, 0.2) is 30.5 Å². The normalized spacial score (nSPS) is 16.3. The molecule has 1 aromatic heterocycles. The van der Waals surface area contributed by atoms with Crippen molar-refractivity contribution >= 4 is 16.8 Å². The summed E-state index contributed by atoms with van der Waals surface area (Å²) in [6.07, 6.45) is 4.56. The molecule has 2 heterocycles. The molecule has 1 aliphatic heterocycles. The van der Waals surface area contributed by atoms with E-state index in [1.54, 1.807) is 0 Å². The van der Waals surface area contributed by atoms with Gasteiger partial charge in [-0.15, -0.1) is 0 Å². The highest BCUT2D eigenvalue weighted by atomic mass is 16.5. The average Bonchev–Trinajstić information content (AvgIpc) is 2.96. The topological polar surface area (TPSA) is 45.3 Å². The maximum Gasteiger partial charge on any atom is 0.227 e. The molecule has 0 saturated carbocycles. The lowest BCUT2D eigenvalue weighted by Gasteiger charge is -2.31. The Morgan fingerprint density at radius 1 is 1.32 bits per heavy atom. The molecule has 0 atom stereocenters. The van der Waals surface area contributed by atoms with Gasteiger partial charge in [0.25, 0.3) is 0 Å². The van der Waals surface area contributed by atoms with Crippen LogP contribution >= 0.6 is 0 Å². The fraction of sp³-hybridized carbons (Fsp3) is 0.500. The van der Waals surface area contributed by atoms with Gasteiger partial charge in [-0.05, 0) is 37.3 Å². The predicted molar refractivity (Wildman–Crippen MR) is 87.8 cm³/mol. The number of carbonyl (C=O) groups excluding carboxylic acids is 1. The minimum atomic E-state index is 0.236. The molecule has 1 fully saturated rings. The molecule has 1 amide bonds. The van der Waals surface area contributed by atoms with Crippen LogP contribution < -0.4 is 0 Å². The van der Waals surface area contributed by atoms with E-state index in [1.165, 1.54) is 0 Å². The summed E-state index contributed by atoms with van der Waals surface area (Å²) in [4.78, 5) is 17.8. The van der Waals surface area contributed by atoms with Crippen LogP contribution in [0.2, 0.25) is 0 Å². The molecule has 2 aromatic rings. The molecule has 118 valence electrons. The number of nitrogens with one attached hydrogen (secondary N) is 1. The van der Waals surface area contributed by atoms with Crippen LogP contribution in [0.4, 0.5) is 0 Å². The average molecular weight is 300 g/mol. The monoisotopic (exact) mass is 300 g/mol. The lowest BCUT2D eigenvalue weighted by molar-refractivity contribution is -0.132. The van der Waals surface area contributed by atoms with Crippen molar-refractivity contribution in [3.8, 4) is 0 Å². The smallest absolute Gasteiger partial charge is 0.227 e. The maximum absolute atomic E-state index is 12.5. The van der Waals surface area contributed by atoms with Crippen molar-refractivity contribution in [3.05, 3.63) is 36.0 Å². The van der Waals surface area contributed by atoms with Gasteiger partial charge in [0.05, 0.1) is 6.42 Å². The second-order valence-electron chi connectivity index (χ2n) is 6.02. The van der Waals surface area contributed by atoms with Crippen molar-refractivity contribution in [2.45, 2.75) is 26.2 Å². The standard InChI is InChI=1S/C18H24N2O2/c1-2-22-13-14-7-9-20(10-8-14)18(21)11-15-12-19-17-6-4-3-5-16(15)17/h3-6,12,14,19H,2,7-11,13H2,1H3. The summed E-state index contributed by atoms with van der Waals surface area (Å²) in [6, 6.07) is 8.14. The van der Waals surface area contributed by atoms with Crippen molar-refractivity contribution in [3.63, 3.8) is 0 Å². The second-order valence-corrected chi connectivity index (χ2v) is 6.02. The quantitative estimate of drug-likeness (QED) is 0.922. The number of nitrogens with zero attached hydrogens (tertiary/aromatic N) is 1. The van der Waals surface area contributed by atoms with E-state index in [-0.39, 0.29) is 5.91 Å². The van der Waals surface area contributed by atoms with Crippen LogP contribution in [0.1, 0.15) is 25.3 Å². The molecule has 1 aromatic carbocycles. The third-order valence-electron chi connectivity index (χ3n) is 4.54. The van der Waals surface area contributed by atoms with Gasteiger partial charge < -0.3 is 14.6 Å². The first kappa shape index (κ1) is 15.1. The summed E-state index contributed by atoms with van der Waals surface area (Å²) in [6.45, 7) is 5.36. The molecule has 1 aliphatic rings. The second kappa shape index (κ2) is 6.97. The van der Waals surface area contributed by atoms with Crippen molar-refractivity contribution in [2.75, 3.05) is 26.3 Å². The van der Waals surface area contributed by atoms with E-state index in [1.807, 2.05) is 36.2 Å². The Kier molecular flexibility index (Phi) is 4.78. The number of para-hydroxylation sites is 1. The predicted octanol–water partition coefficient (Wildman–Crippen LogP) is 2.99. The number of carbonyl (C=O) groups is 1. The lowest BCUT2D eigenvalue weighted by atomic mass is 9.97. The first-order valence-corrected chi connectivity index (χ1v) is 8.18. The number of piperidine rings is 1. The zero-order valence-corrected chi connectivity index (χ0v) is 13.2. The number of fused-ring (bicyclic) bond motifs is 1. The van der Waals surface area contributed by atoms with Gasteiger partial charge in [-0.3, -0.25) is 4.79 Å². The number of likely N-dealkylation sites (tertiary alicyclic amines) is 1. The molecule has 4 heteroatoms. The molecule has 3 rings (SSSR count). The number of H-pyrrole nitrogens is 1. The van der Waals surface area contributed by atoms with Gasteiger partial charge in [-0.25, -0.2) is 0 Å². The highest BCUT2D eigenvalue weighted by molar-refractivity contribution is 5.88. The molecule has 4 nitrogen and oxygen atoms in total. The summed E-state index contributed by atoms with van der Waals surface area (Å²) in [7, 11) is 0. The number of ether oxygens (including phenoxy) is 1. The highest BCUT2D eigenvalue weighted by Gasteiger charge is 2.23. The molecule has 0 aliphatic carbocycles. The van der Waals surface area contributed by atoms with Crippen LogP contribution in [0.25, 0.3) is 10.9 Å². The Bertz CT molecular complexity index is 627. The summed E-state index contributed by atoms with van der Waals surface area (Å²) in [5, 5.41) is 1.15. The Balaban J connectivity index is 1.57. The molecule has 1 saturated heterocycles. The van der Waals surface area contributed by atoms with Gasteiger partial charge >= 0.3 is 0 Å². The number of aromatic amines is 1. The van der Waals surface area contributed by atoms with Crippen LogP contribution in [0.3, 0.4) is 0 Å². The van der Waals surface area contributed by atoms with Crippen molar-refractivity contribution in [1.82, 2.24) is 9.88 Å². The number of hydrogen-bond donors (Lipinski definition) is 1. The van der Waals surface area contributed by atoms with Gasteiger partial charge in [0.1, 0.15) is 0 Å². The first-order chi connectivity index (χ1) is 10.8. The summed E-state index contributed by atoms with van der Waals surface area (Å²) < 4.78 is 5.49. The van der Waals surface area contributed by atoms with Gasteiger partial charge in [-0.1, -0.05) is 18.2 Å². The highest BCUT2D eigenvalue weighted by Crippen LogP contribution is 2.21. The summed E-state index contributed by atoms with van der Waals surface area (Å²) in [5.41, 5.74) is 2.19. The van der Waals surface area contributed by atoms with E-state index in [4.69, 9.17) is 4.74 Å². The van der Waals surface area contributed by atoms with E-state index in [9.17, 15) is 4.79 Å². The molecule has 22 heavy (non-hydrogen) atoms. The van der Waals surface area contributed by atoms with Crippen LogP contribution in [0, 0.1) is 5.92 Å². The molecular weight excluding hydrogens is 276 g/mol. The Morgan fingerprint density at radius 3 is 2.86 bits per heavy atom. The minimum absolute atomic E-state index is 0.236. The number of amides is 1. The Labute approximate surface area is 131 Å². The SMILES string of the molecule is CCOCC1CCN(C(=O)Cc2c[nH]c3ccccc23)CC1. The van der Waals surface area contributed by atoms with Gasteiger partial charge in [-0.2, -0.15) is 0 Å². The van der Waals surface area contributed by atoms with Crippen molar-refractivity contribution in [1.29, 1.82) is 0 Å². The molecular formula is C18H24N2O2. The number of hydrogen-bond acceptors (Lipinski definition) is 2. The number of benzene rings is 1. The third kappa shape index (κ3) is 3.33. The maximum atomic E-state index is 12.5. The number of rotatable bonds is 5. The number of aromatic nitrogens is 1. The molecule has 0 bridgehead atoms. The largest absolute Gasteiger partial charge is 0.381 e. The zero-order chi connectivity index (χ0) is 15.4. The van der Waals surface area contributed by atoms with Gasteiger partial charge in [0.2, 0.25) is 5.91 Å². The molecule has 0 spiro atoms. The van der Waals surface area contributed by atoms with E-state index in [2.05, 4.69) is 11.1 Å². The zero-order valence-electron chi connectivity index (χ0n) is 13.2. The van der Waals surface area contributed by atoms with E-state index in [0.29, 0.717) is 12.3 Å². The van der Waals surface area contributed by atoms with Crippen molar-refractivity contribution < 1.29 is 9.53 Å². The molecule has 1 N–H and O–H groups in total. The summed E-state index contributed by atoms with van der Waals surface area (Å²) in [5.74, 6) is 0.844. The fourth-order valence-corrected chi connectivity index (χ4v) is 3.19. The Morgan fingerprint density at radius 2 is 2.09 bits per heavy atom. The third-order valence-corrected chi connectivity index (χ3v) is 4.54. The molecule has 0 radical (unpaired) electrons. The summed E-state index contributed by atoms with van der Waals surface area (Å²) >= 11 is 0. The van der Waals surface area contributed by atoms with Crippen LogP contribution in [-0.2, 0) is 16.0 Å². The van der Waals surface area contributed by atoms with E-state index < -0.39 is 0 Å². The molecule has 0 unspecified atom stereocenters. The van der Waals surface area contributed by atoms with E-state index in [0.717, 1.165) is 55.6 Å². The lowest BCUT2D eigenvalue weighted by Crippen LogP contribution is -2.40. The first-order valence-electron chi connectivity index (χ1n) is 8.18. The van der Waals surface area contributed by atoms with Gasteiger partial charge in [0.15, 0.2) is 0 Å². The van der Waals surface area contributed by atoms with Gasteiger partial charge in [0, 0.05) is 43.4 Å². The fourth-order valence-electron chi connectivity index (χ4n) is 3.19. The minimum Gasteiger partial charge on any atom is -0.381 e. The van der Waals surface area contributed by atoms with Crippen LogP contribution in [-0.4, -0.2) is 42.1 Å². The van der Waals surface area contributed by atoms with E-state index >= 15 is 0 Å². The van der Waals surface area contributed by atoms with Crippen LogP contribution in [0.5, 0.6) is 0 Å².